The molecule has 0 radical (unpaired) electrons. The number of carbonyl (C=O) groups excluding carboxylic acids is 1. The molecule has 0 aromatic heterocycles. The second-order valence-electron chi connectivity index (χ2n) is 9.38. The van der Waals surface area contributed by atoms with Crippen molar-refractivity contribution in [3.05, 3.63) is 64.7 Å². The van der Waals surface area contributed by atoms with Crippen LogP contribution in [0.4, 0.5) is 0 Å². The summed E-state index contributed by atoms with van der Waals surface area (Å²) in [7, 11) is -3.53. The van der Waals surface area contributed by atoms with E-state index in [9.17, 15) is 13.2 Å². The standard InChI is InChI=1S/C26H33ClN2O4S/c1-3-26(4-2)16-23(22-9-5-6-10-24(22)33-26)28-25(30)20-8-7-15-29(17-20)34(31,32)18-19-11-13-21(27)14-12-19/h5-6,9-14,20,23H,3-4,7-8,15-18H2,1-2H3,(H,28,30). The van der Waals surface area contributed by atoms with E-state index in [1.807, 2.05) is 24.3 Å². The first-order valence-electron chi connectivity index (χ1n) is 12.1. The highest BCUT2D eigenvalue weighted by atomic mass is 35.5. The number of nitrogens with zero attached hydrogens (tertiary/aromatic N) is 1. The van der Waals surface area contributed by atoms with Crippen LogP contribution in [0.15, 0.2) is 48.5 Å². The van der Waals surface area contributed by atoms with Gasteiger partial charge in [0.1, 0.15) is 11.4 Å². The summed E-state index contributed by atoms with van der Waals surface area (Å²) >= 11 is 5.92. The zero-order chi connectivity index (χ0) is 24.3. The molecule has 1 amide bonds. The number of para-hydroxylation sites is 1. The zero-order valence-corrected chi connectivity index (χ0v) is 21.4. The predicted octanol–water partition coefficient (Wildman–Crippen LogP) is 5.08. The van der Waals surface area contributed by atoms with Crippen LogP contribution in [0, 0.1) is 5.92 Å². The van der Waals surface area contributed by atoms with Gasteiger partial charge in [-0.15, -0.1) is 0 Å². The average Bonchev–Trinajstić information content (AvgIpc) is 2.85. The van der Waals surface area contributed by atoms with Crippen molar-refractivity contribution in [1.29, 1.82) is 0 Å². The molecular formula is C26H33ClN2O4S. The third-order valence-electron chi connectivity index (χ3n) is 7.21. The molecular weight excluding hydrogens is 472 g/mol. The third kappa shape index (κ3) is 5.42. The summed E-state index contributed by atoms with van der Waals surface area (Å²) in [6.07, 6.45) is 3.75. The van der Waals surface area contributed by atoms with Gasteiger partial charge in [0.2, 0.25) is 15.9 Å². The van der Waals surface area contributed by atoms with Gasteiger partial charge in [-0.3, -0.25) is 4.79 Å². The lowest BCUT2D eigenvalue weighted by Crippen LogP contribution is -2.49. The molecule has 1 N–H and O–H groups in total. The molecule has 2 unspecified atom stereocenters. The predicted molar refractivity (Wildman–Crippen MR) is 134 cm³/mol. The molecule has 6 nitrogen and oxygen atoms in total. The molecule has 184 valence electrons. The smallest absolute Gasteiger partial charge is 0.224 e. The molecule has 34 heavy (non-hydrogen) atoms. The fourth-order valence-corrected chi connectivity index (χ4v) is 6.75. The first-order valence-corrected chi connectivity index (χ1v) is 14.0. The van der Waals surface area contributed by atoms with Crippen LogP contribution in [0.3, 0.4) is 0 Å². The van der Waals surface area contributed by atoms with E-state index in [4.69, 9.17) is 16.3 Å². The number of benzene rings is 2. The number of rotatable bonds is 7. The van der Waals surface area contributed by atoms with Gasteiger partial charge in [0.15, 0.2) is 0 Å². The normalized spacial score (nSPS) is 22.4. The Bertz CT molecular complexity index is 1120. The molecule has 2 aromatic carbocycles. The lowest BCUT2D eigenvalue weighted by molar-refractivity contribution is -0.127. The number of fused-ring (bicyclic) bond motifs is 1. The summed E-state index contributed by atoms with van der Waals surface area (Å²) in [6.45, 7) is 4.87. The summed E-state index contributed by atoms with van der Waals surface area (Å²) in [5, 5.41) is 3.81. The third-order valence-corrected chi connectivity index (χ3v) is 9.28. The molecule has 1 fully saturated rings. The van der Waals surface area contributed by atoms with Crippen LogP contribution in [0.25, 0.3) is 0 Å². The van der Waals surface area contributed by atoms with Crippen LogP contribution in [0.2, 0.25) is 5.02 Å². The number of ether oxygens (including phenoxy) is 1. The SMILES string of the molecule is CCC1(CC)CC(NC(=O)C2CCCN(S(=O)(=O)Cc3ccc(Cl)cc3)C2)c2ccccc2O1. The molecule has 0 bridgehead atoms. The molecule has 2 aliphatic heterocycles. The first kappa shape index (κ1) is 25.0. The molecule has 8 heteroatoms. The van der Waals surface area contributed by atoms with E-state index in [0.717, 1.165) is 24.2 Å². The molecule has 2 heterocycles. The average molecular weight is 505 g/mol. The zero-order valence-electron chi connectivity index (χ0n) is 19.8. The van der Waals surface area contributed by atoms with E-state index in [2.05, 4.69) is 19.2 Å². The van der Waals surface area contributed by atoms with E-state index in [-0.39, 0.29) is 35.8 Å². The van der Waals surface area contributed by atoms with Crippen molar-refractivity contribution < 1.29 is 17.9 Å². The maximum atomic E-state index is 13.3. The maximum Gasteiger partial charge on any atom is 0.224 e. The Balaban J connectivity index is 1.46. The van der Waals surface area contributed by atoms with Crippen LogP contribution in [0.5, 0.6) is 5.75 Å². The number of amides is 1. The molecule has 0 spiro atoms. The van der Waals surface area contributed by atoms with Gasteiger partial charge in [0, 0.05) is 30.1 Å². The summed E-state index contributed by atoms with van der Waals surface area (Å²) in [5.41, 5.74) is 1.36. The fourth-order valence-electron chi connectivity index (χ4n) is 5.01. The Hall–Kier alpha value is -2.09. The Morgan fingerprint density at radius 2 is 1.85 bits per heavy atom. The van der Waals surface area contributed by atoms with E-state index in [1.54, 1.807) is 24.3 Å². The van der Waals surface area contributed by atoms with Gasteiger partial charge in [-0.05, 0) is 49.4 Å². The lowest BCUT2D eigenvalue weighted by atomic mass is 9.83. The summed E-state index contributed by atoms with van der Waals surface area (Å²) in [5.74, 6) is 0.260. The van der Waals surface area contributed by atoms with Crippen molar-refractivity contribution in [1.82, 2.24) is 9.62 Å². The molecule has 0 aliphatic carbocycles. The van der Waals surface area contributed by atoms with Crippen molar-refractivity contribution >= 4 is 27.5 Å². The van der Waals surface area contributed by atoms with Crippen LogP contribution in [-0.2, 0) is 20.6 Å². The maximum absolute atomic E-state index is 13.3. The number of halogens is 1. The Labute approximate surface area is 207 Å². The molecule has 2 atom stereocenters. The molecule has 0 saturated carbocycles. The quantitative estimate of drug-likeness (QED) is 0.570. The van der Waals surface area contributed by atoms with Gasteiger partial charge in [-0.2, -0.15) is 0 Å². The molecule has 1 saturated heterocycles. The van der Waals surface area contributed by atoms with Crippen LogP contribution in [0.1, 0.15) is 63.1 Å². The van der Waals surface area contributed by atoms with Crippen molar-refractivity contribution in [2.75, 3.05) is 13.1 Å². The summed E-state index contributed by atoms with van der Waals surface area (Å²) in [6, 6.07) is 14.5. The van der Waals surface area contributed by atoms with Gasteiger partial charge in [-0.1, -0.05) is 55.8 Å². The summed E-state index contributed by atoms with van der Waals surface area (Å²) < 4.78 is 34.0. The lowest BCUT2D eigenvalue weighted by Gasteiger charge is -2.42. The number of carbonyl (C=O) groups is 1. The topological polar surface area (TPSA) is 75.7 Å². The number of sulfonamides is 1. The molecule has 2 aromatic rings. The minimum Gasteiger partial charge on any atom is -0.487 e. The molecule has 4 rings (SSSR count). The second-order valence-corrected chi connectivity index (χ2v) is 11.8. The second kappa shape index (κ2) is 10.3. The Morgan fingerprint density at radius 1 is 1.15 bits per heavy atom. The van der Waals surface area contributed by atoms with Gasteiger partial charge in [-0.25, -0.2) is 12.7 Å². The number of nitrogens with one attached hydrogen (secondary N) is 1. The number of hydrogen-bond donors (Lipinski definition) is 1. The van der Waals surface area contributed by atoms with Gasteiger partial charge < -0.3 is 10.1 Å². The van der Waals surface area contributed by atoms with E-state index >= 15 is 0 Å². The van der Waals surface area contributed by atoms with Gasteiger partial charge in [0.05, 0.1) is 17.7 Å². The first-order chi connectivity index (χ1) is 16.2. The Kier molecular flexibility index (Phi) is 7.55. The fraction of sp³-hybridized carbons (Fsp3) is 0.500. The van der Waals surface area contributed by atoms with E-state index in [1.165, 1.54) is 4.31 Å². The monoisotopic (exact) mass is 504 g/mol. The minimum absolute atomic E-state index is 0.0887. The van der Waals surface area contributed by atoms with Gasteiger partial charge >= 0.3 is 0 Å². The highest BCUT2D eigenvalue weighted by molar-refractivity contribution is 7.88. The minimum atomic E-state index is -3.53. The summed E-state index contributed by atoms with van der Waals surface area (Å²) in [4.78, 5) is 13.3. The number of piperidine rings is 1. The van der Waals surface area contributed by atoms with Crippen molar-refractivity contribution in [2.45, 2.75) is 63.3 Å². The van der Waals surface area contributed by atoms with E-state index in [0.29, 0.717) is 36.4 Å². The van der Waals surface area contributed by atoms with Gasteiger partial charge in [0.25, 0.3) is 0 Å². The molecule has 2 aliphatic rings. The number of hydrogen-bond acceptors (Lipinski definition) is 4. The Morgan fingerprint density at radius 3 is 2.56 bits per heavy atom. The highest BCUT2D eigenvalue weighted by Gasteiger charge is 2.40. The van der Waals surface area contributed by atoms with E-state index < -0.39 is 10.0 Å². The van der Waals surface area contributed by atoms with Crippen LogP contribution < -0.4 is 10.1 Å². The largest absolute Gasteiger partial charge is 0.487 e. The van der Waals surface area contributed by atoms with Crippen LogP contribution in [-0.4, -0.2) is 37.3 Å². The van der Waals surface area contributed by atoms with Crippen LogP contribution >= 0.6 is 11.6 Å². The highest BCUT2D eigenvalue weighted by Crippen LogP contribution is 2.42. The van der Waals surface area contributed by atoms with Crippen molar-refractivity contribution in [2.24, 2.45) is 5.92 Å². The van der Waals surface area contributed by atoms with Crippen molar-refractivity contribution in [3.8, 4) is 5.75 Å². The van der Waals surface area contributed by atoms with Crippen molar-refractivity contribution in [3.63, 3.8) is 0 Å².